The average Bonchev–Trinajstić information content (AvgIpc) is 2.70. The monoisotopic (exact) mass is 427 g/mol. The van der Waals surface area contributed by atoms with Crippen molar-refractivity contribution in [2.45, 2.75) is 6.92 Å². The number of hydrogen-bond donors (Lipinski definition) is 1. The molecule has 2 nitrogen and oxygen atoms in total. The van der Waals surface area contributed by atoms with Crippen molar-refractivity contribution in [3.8, 4) is 0 Å². The van der Waals surface area contributed by atoms with Gasteiger partial charge in [-0.1, -0.05) is 0 Å². The molecular weight excluding hydrogens is 405 g/mol. The number of hydrogen-bond acceptors (Lipinski definition) is 1. The predicted molar refractivity (Wildman–Crippen MR) is 118 cm³/mol. The van der Waals surface area contributed by atoms with E-state index in [-0.39, 0.29) is 5.91 Å². The second kappa shape index (κ2) is 7.73. The van der Waals surface area contributed by atoms with Crippen LogP contribution in [0.25, 0.3) is 0 Å². The summed E-state index contributed by atoms with van der Waals surface area (Å²) >= 11 is 4.26. The Balaban J connectivity index is 2.37. The summed E-state index contributed by atoms with van der Waals surface area (Å²) in [6.45, 7) is 2.57. The van der Waals surface area contributed by atoms with E-state index in [1.165, 1.54) is 0 Å². The molecule has 4 heteroatoms. The first-order chi connectivity index (χ1) is 12.6. The fourth-order valence-electron chi connectivity index (χ4n) is 3.46. The molecule has 0 radical (unpaired) electrons. The zero-order valence-corrected chi connectivity index (χ0v) is 17.3. The zero-order valence-electron chi connectivity index (χ0n) is 14.8. The molecule has 0 aliphatic carbocycles. The van der Waals surface area contributed by atoms with Crippen LogP contribution < -0.4 is 21.2 Å². The Bertz CT molecular complexity index is 769. The van der Waals surface area contributed by atoms with Crippen LogP contribution >= 0.6 is 20.8 Å². The molecule has 3 rings (SSSR count). The van der Waals surface area contributed by atoms with Crippen molar-refractivity contribution in [1.82, 2.24) is 5.32 Å². The predicted octanol–water partition coefficient (Wildman–Crippen LogP) is 3.96. The Kier molecular flexibility index (Phi) is 5.60. The van der Waals surface area contributed by atoms with Crippen LogP contribution in [-0.2, 0) is 4.79 Å². The third kappa shape index (κ3) is 3.22. The van der Waals surface area contributed by atoms with Crippen LogP contribution in [0.2, 0.25) is 0 Å². The van der Waals surface area contributed by atoms with E-state index in [4.69, 9.17) is 0 Å². The van der Waals surface area contributed by atoms with Gasteiger partial charge in [-0.3, -0.25) is 0 Å². The molecule has 0 aliphatic rings. The van der Waals surface area contributed by atoms with Crippen LogP contribution in [0.5, 0.6) is 0 Å². The van der Waals surface area contributed by atoms with Gasteiger partial charge in [-0.15, -0.1) is 0 Å². The number of nitrogens with one attached hydrogen (secondary N) is 1. The van der Waals surface area contributed by atoms with Crippen molar-refractivity contribution in [2.75, 3.05) is 12.7 Å². The average molecular weight is 428 g/mol. The molecule has 0 fully saturated rings. The van der Waals surface area contributed by atoms with Gasteiger partial charge in [0.05, 0.1) is 0 Å². The van der Waals surface area contributed by atoms with Gasteiger partial charge in [0, 0.05) is 0 Å². The SMILES string of the molecule is CCNC(=O)CP(Br)(c1ccccc1)(c1ccccc1)c1ccccc1. The molecule has 0 aliphatic heterocycles. The van der Waals surface area contributed by atoms with Crippen LogP contribution in [0.4, 0.5) is 0 Å². The minimum atomic E-state index is -3.14. The van der Waals surface area contributed by atoms with Gasteiger partial charge >= 0.3 is 163 Å². The van der Waals surface area contributed by atoms with Gasteiger partial charge in [0.25, 0.3) is 0 Å². The fraction of sp³-hybridized carbons (Fsp3) is 0.136. The molecule has 0 unspecified atom stereocenters. The first-order valence-electron chi connectivity index (χ1n) is 8.76. The van der Waals surface area contributed by atoms with E-state index in [0.717, 1.165) is 15.9 Å². The summed E-state index contributed by atoms with van der Waals surface area (Å²) in [5, 5.41) is 3.33. The van der Waals surface area contributed by atoms with Gasteiger partial charge in [0.1, 0.15) is 0 Å². The number of carbonyl (C=O) groups excluding carboxylic acids is 1. The zero-order chi connectivity index (χ0) is 18.5. The van der Waals surface area contributed by atoms with E-state index in [2.05, 4.69) is 57.2 Å². The number of benzene rings is 3. The second-order valence-electron chi connectivity index (χ2n) is 6.30. The van der Waals surface area contributed by atoms with Crippen molar-refractivity contribution in [3.05, 3.63) is 91.0 Å². The maximum atomic E-state index is 12.9. The molecule has 0 saturated carbocycles. The van der Waals surface area contributed by atoms with E-state index >= 15 is 0 Å². The minimum absolute atomic E-state index is 0.0543. The molecule has 0 bridgehead atoms. The third-order valence-electron chi connectivity index (χ3n) is 4.70. The van der Waals surface area contributed by atoms with Gasteiger partial charge < -0.3 is 0 Å². The number of halogens is 1. The van der Waals surface area contributed by atoms with Gasteiger partial charge in [-0.2, -0.15) is 0 Å². The normalized spacial score (nSPS) is 12.8. The van der Waals surface area contributed by atoms with Gasteiger partial charge in [-0.25, -0.2) is 0 Å². The molecule has 3 aromatic rings. The molecule has 0 saturated heterocycles. The Morgan fingerprint density at radius 3 is 1.42 bits per heavy atom. The van der Waals surface area contributed by atoms with E-state index in [0.29, 0.717) is 12.7 Å². The Morgan fingerprint density at radius 2 is 1.12 bits per heavy atom. The van der Waals surface area contributed by atoms with Gasteiger partial charge in [-0.05, 0) is 0 Å². The van der Waals surface area contributed by atoms with Crippen molar-refractivity contribution in [2.24, 2.45) is 0 Å². The molecule has 0 atom stereocenters. The van der Waals surface area contributed by atoms with Gasteiger partial charge in [0.2, 0.25) is 0 Å². The summed E-state index contributed by atoms with van der Waals surface area (Å²) in [6, 6.07) is 31.1. The second-order valence-corrected chi connectivity index (χ2v) is 15.2. The van der Waals surface area contributed by atoms with Gasteiger partial charge in [0.15, 0.2) is 0 Å². The molecule has 1 amide bonds. The van der Waals surface area contributed by atoms with Crippen molar-refractivity contribution < 1.29 is 4.79 Å². The van der Waals surface area contributed by atoms with Crippen molar-refractivity contribution in [1.29, 1.82) is 0 Å². The third-order valence-corrected chi connectivity index (χ3v) is 14.1. The maximum absolute atomic E-state index is 12.9. The van der Waals surface area contributed by atoms with E-state index in [9.17, 15) is 4.79 Å². The first kappa shape index (κ1) is 18.8. The van der Waals surface area contributed by atoms with E-state index in [1.54, 1.807) is 0 Å². The summed E-state index contributed by atoms with van der Waals surface area (Å²) in [6.07, 6.45) is 0.386. The Morgan fingerprint density at radius 1 is 0.769 bits per heavy atom. The van der Waals surface area contributed by atoms with E-state index < -0.39 is 5.31 Å². The molecule has 0 heterocycles. The summed E-state index contributed by atoms with van der Waals surface area (Å²) in [4.78, 5) is 12.9. The summed E-state index contributed by atoms with van der Waals surface area (Å²) in [7, 11) is 0. The molecule has 0 spiro atoms. The van der Waals surface area contributed by atoms with Crippen molar-refractivity contribution >= 4 is 42.6 Å². The molecule has 134 valence electrons. The summed E-state index contributed by atoms with van der Waals surface area (Å²) < 4.78 is 0. The molecule has 1 N–H and O–H groups in total. The van der Waals surface area contributed by atoms with Crippen LogP contribution in [0, 0.1) is 0 Å². The van der Waals surface area contributed by atoms with Crippen molar-refractivity contribution in [3.63, 3.8) is 0 Å². The molecule has 3 aromatic carbocycles. The summed E-state index contributed by atoms with van der Waals surface area (Å²) in [5.41, 5.74) is 0. The Hall–Kier alpha value is -1.96. The molecule has 0 aromatic heterocycles. The van der Waals surface area contributed by atoms with Crippen LogP contribution in [0.1, 0.15) is 6.92 Å². The van der Waals surface area contributed by atoms with Crippen LogP contribution in [-0.4, -0.2) is 18.6 Å². The Labute approximate surface area is 163 Å². The first-order valence-corrected chi connectivity index (χ1v) is 13.2. The molecular formula is C22H23BrNOP. The van der Waals surface area contributed by atoms with Crippen LogP contribution in [0.3, 0.4) is 0 Å². The van der Waals surface area contributed by atoms with Crippen LogP contribution in [0.15, 0.2) is 91.0 Å². The fourth-order valence-corrected chi connectivity index (χ4v) is 10.7. The quantitative estimate of drug-likeness (QED) is 0.592. The molecule has 26 heavy (non-hydrogen) atoms. The topological polar surface area (TPSA) is 29.1 Å². The number of amides is 1. The van der Waals surface area contributed by atoms with E-state index in [1.807, 2.05) is 61.5 Å². The number of rotatable bonds is 6. The number of carbonyl (C=O) groups is 1. The summed E-state index contributed by atoms with van der Waals surface area (Å²) in [5.74, 6) is 0.0543. The standard InChI is InChI=1S/C22H23BrNOP/c1-2-24-22(25)18-26(23,19-12-6-3-7-13-19,20-14-8-4-9-15-20)21-16-10-5-11-17-21/h3-17H,2,18H2,1H3,(H,24,25).